The zero-order valence-electron chi connectivity index (χ0n) is 19.0. The SMILES string of the molecule is Cc1ccc(C(=O)OCC(=O)N(C2CCCC2)C2CCS(=O)(=O)C2)cc1NC(=O)c1ccco1. The Morgan fingerprint density at radius 2 is 1.88 bits per heavy atom. The summed E-state index contributed by atoms with van der Waals surface area (Å²) in [5.74, 6) is -1.36. The fraction of sp³-hybridized carbons (Fsp3) is 0.458. The van der Waals surface area contributed by atoms with Crippen LogP contribution in [0.2, 0.25) is 0 Å². The van der Waals surface area contributed by atoms with Crippen LogP contribution in [0.5, 0.6) is 0 Å². The van der Waals surface area contributed by atoms with Crippen molar-refractivity contribution < 1.29 is 32.0 Å². The number of aryl methyl sites for hydroxylation is 1. The number of nitrogens with one attached hydrogen (secondary N) is 1. The van der Waals surface area contributed by atoms with Gasteiger partial charge in [0, 0.05) is 17.8 Å². The quantitative estimate of drug-likeness (QED) is 0.595. The maximum Gasteiger partial charge on any atom is 0.338 e. The number of hydrogen-bond acceptors (Lipinski definition) is 7. The lowest BCUT2D eigenvalue weighted by Crippen LogP contribution is -2.48. The van der Waals surface area contributed by atoms with Crippen LogP contribution in [0.15, 0.2) is 41.0 Å². The summed E-state index contributed by atoms with van der Waals surface area (Å²) < 4.78 is 34.4. The summed E-state index contributed by atoms with van der Waals surface area (Å²) in [6, 6.07) is 7.45. The van der Waals surface area contributed by atoms with Crippen LogP contribution in [0.4, 0.5) is 5.69 Å². The third-order valence-electron chi connectivity index (χ3n) is 6.40. The second kappa shape index (κ2) is 10.0. The van der Waals surface area contributed by atoms with Crippen LogP contribution in [0.25, 0.3) is 0 Å². The highest BCUT2D eigenvalue weighted by Crippen LogP contribution is 2.29. The zero-order chi connectivity index (χ0) is 24.3. The summed E-state index contributed by atoms with van der Waals surface area (Å²) in [6.45, 7) is 1.32. The standard InChI is InChI=1S/C24H28N2O7S/c1-16-8-9-17(13-20(16)25-23(28)21-7-4-11-32-21)24(29)33-14-22(27)26(18-5-2-3-6-18)19-10-12-34(30,31)15-19/h4,7-9,11,13,18-19H,2-3,5-6,10,12,14-15H2,1H3,(H,25,28). The second-order valence-electron chi connectivity index (χ2n) is 8.83. The highest BCUT2D eigenvalue weighted by molar-refractivity contribution is 7.91. The van der Waals surface area contributed by atoms with Crippen molar-refractivity contribution in [2.24, 2.45) is 0 Å². The molecule has 1 aliphatic heterocycles. The normalized spacial score (nSPS) is 19.6. The van der Waals surface area contributed by atoms with E-state index in [0.717, 1.165) is 31.2 Å². The minimum atomic E-state index is -3.16. The van der Waals surface area contributed by atoms with E-state index in [1.54, 1.807) is 30.0 Å². The molecule has 1 aliphatic carbocycles. The van der Waals surface area contributed by atoms with Crippen LogP contribution in [-0.2, 0) is 19.4 Å². The molecule has 1 saturated heterocycles. The van der Waals surface area contributed by atoms with Gasteiger partial charge in [0.25, 0.3) is 11.8 Å². The first-order valence-electron chi connectivity index (χ1n) is 11.4. The van der Waals surface area contributed by atoms with Gasteiger partial charge in [-0.3, -0.25) is 9.59 Å². The van der Waals surface area contributed by atoms with Crippen molar-refractivity contribution in [1.82, 2.24) is 4.90 Å². The lowest BCUT2D eigenvalue weighted by atomic mass is 10.1. The van der Waals surface area contributed by atoms with Crippen LogP contribution in [0.3, 0.4) is 0 Å². The summed E-state index contributed by atoms with van der Waals surface area (Å²) in [4.78, 5) is 39.7. The van der Waals surface area contributed by atoms with E-state index in [1.807, 2.05) is 0 Å². The van der Waals surface area contributed by atoms with Crippen LogP contribution < -0.4 is 5.32 Å². The molecule has 1 atom stereocenters. The Morgan fingerprint density at radius 3 is 2.53 bits per heavy atom. The van der Waals surface area contributed by atoms with Gasteiger partial charge < -0.3 is 19.4 Å². The van der Waals surface area contributed by atoms with Crippen molar-refractivity contribution in [3.8, 4) is 0 Å². The minimum Gasteiger partial charge on any atom is -0.459 e. The molecule has 2 fully saturated rings. The van der Waals surface area contributed by atoms with E-state index in [-0.39, 0.29) is 40.8 Å². The van der Waals surface area contributed by atoms with E-state index >= 15 is 0 Å². The van der Waals surface area contributed by atoms with E-state index in [0.29, 0.717) is 12.1 Å². The molecule has 1 N–H and O–H groups in total. The van der Waals surface area contributed by atoms with Crippen molar-refractivity contribution in [1.29, 1.82) is 0 Å². The van der Waals surface area contributed by atoms with Crippen LogP contribution in [0.1, 0.15) is 58.6 Å². The van der Waals surface area contributed by atoms with Crippen molar-refractivity contribution in [3.63, 3.8) is 0 Å². The van der Waals surface area contributed by atoms with Gasteiger partial charge in [0.2, 0.25) is 0 Å². The number of rotatable bonds is 7. The molecule has 1 aromatic carbocycles. The predicted molar refractivity (Wildman–Crippen MR) is 124 cm³/mol. The number of esters is 1. The molecule has 10 heteroatoms. The van der Waals surface area contributed by atoms with E-state index in [2.05, 4.69) is 5.32 Å². The molecule has 0 bridgehead atoms. The topological polar surface area (TPSA) is 123 Å². The Bertz CT molecular complexity index is 1170. The summed E-state index contributed by atoms with van der Waals surface area (Å²) in [6.07, 6.45) is 5.44. The molecule has 2 aliphatic rings. The molecule has 4 rings (SSSR count). The molecule has 34 heavy (non-hydrogen) atoms. The fourth-order valence-corrected chi connectivity index (χ4v) is 6.35. The molecule has 1 unspecified atom stereocenters. The number of furan rings is 1. The largest absolute Gasteiger partial charge is 0.459 e. The van der Waals surface area contributed by atoms with E-state index in [4.69, 9.17) is 9.15 Å². The predicted octanol–water partition coefficient (Wildman–Crippen LogP) is 2.96. The summed E-state index contributed by atoms with van der Waals surface area (Å²) in [7, 11) is -3.16. The Balaban J connectivity index is 1.41. The number of carbonyl (C=O) groups is 3. The minimum absolute atomic E-state index is 0.0210. The molecular formula is C24H28N2O7S. The fourth-order valence-electron chi connectivity index (χ4n) is 4.64. The van der Waals surface area contributed by atoms with Gasteiger partial charge in [-0.2, -0.15) is 0 Å². The molecular weight excluding hydrogens is 460 g/mol. The van der Waals surface area contributed by atoms with Gasteiger partial charge in [0.1, 0.15) is 0 Å². The molecule has 2 aromatic rings. The van der Waals surface area contributed by atoms with E-state index < -0.39 is 28.3 Å². The maximum absolute atomic E-state index is 13.0. The summed E-state index contributed by atoms with van der Waals surface area (Å²) in [5.41, 5.74) is 1.34. The monoisotopic (exact) mass is 488 g/mol. The van der Waals surface area contributed by atoms with Crippen LogP contribution >= 0.6 is 0 Å². The number of amides is 2. The number of sulfone groups is 1. The first-order valence-corrected chi connectivity index (χ1v) is 13.2. The number of anilines is 1. The van der Waals surface area contributed by atoms with Gasteiger partial charge in [-0.25, -0.2) is 13.2 Å². The van der Waals surface area contributed by atoms with Crippen molar-refractivity contribution in [2.45, 2.75) is 51.1 Å². The van der Waals surface area contributed by atoms with Gasteiger partial charge in [-0.15, -0.1) is 0 Å². The molecule has 9 nitrogen and oxygen atoms in total. The number of carbonyl (C=O) groups excluding carboxylic acids is 3. The van der Waals surface area contributed by atoms with Gasteiger partial charge in [-0.1, -0.05) is 18.9 Å². The summed E-state index contributed by atoms with van der Waals surface area (Å²) >= 11 is 0. The second-order valence-corrected chi connectivity index (χ2v) is 11.1. The molecule has 1 saturated carbocycles. The first kappa shape index (κ1) is 24.0. The Hall–Kier alpha value is -3.14. The van der Waals surface area contributed by atoms with Gasteiger partial charge >= 0.3 is 5.97 Å². The lowest BCUT2D eigenvalue weighted by molar-refractivity contribution is -0.139. The average molecular weight is 489 g/mol. The molecule has 1 aromatic heterocycles. The zero-order valence-corrected chi connectivity index (χ0v) is 19.8. The van der Waals surface area contributed by atoms with Gasteiger partial charge in [0.15, 0.2) is 22.2 Å². The number of hydrogen-bond donors (Lipinski definition) is 1. The van der Waals surface area contributed by atoms with Gasteiger partial charge in [-0.05, 0) is 56.0 Å². The van der Waals surface area contributed by atoms with Crippen LogP contribution in [-0.4, -0.2) is 61.3 Å². The molecule has 2 amide bonds. The number of ether oxygens (including phenoxy) is 1. The Kier molecular flexibility index (Phi) is 7.06. The average Bonchev–Trinajstić information content (AvgIpc) is 3.56. The smallest absolute Gasteiger partial charge is 0.338 e. The lowest BCUT2D eigenvalue weighted by Gasteiger charge is -2.33. The Morgan fingerprint density at radius 1 is 1.12 bits per heavy atom. The third-order valence-corrected chi connectivity index (χ3v) is 8.15. The maximum atomic E-state index is 13.0. The first-order chi connectivity index (χ1) is 16.2. The van der Waals surface area contributed by atoms with Crippen molar-refractivity contribution in [2.75, 3.05) is 23.4 Å². The van der Waals surface area contributed by atoms with Gasteiger partial charge in [0.05, 0.1) is 23.3 Å². The Labute approximate surface area is 198 Å². The summed E-state index contributed by atoms with van der Waals surface area (Å²) in [5, 5.41) is 2.70. The molecule has 0 radical (unpaired) electrons. The van der Waals surface area contributed by atoms with Crippen LogP contribution in [0, 0.1) is 6.92 Å². The number of nitrogens with zero attached hydrogens (tertiary/aromatic N) is 1. The van der Waals surface area contributed by atoms with Crippen molar-refractivity contribution in [3.05, 3.63) is 53.5 Å². The highest BCUT2D eigenvalue weighted by atomic mass is 32.2. The van der Waals surface area contributed by atoms with E-state index in [1.165, 1.54) is 18.4 Å². The highest BCUT2D eigenvalue weighted by Gasteiger charge is 2.39. The number of benzene rings is 1. The molecule has 182 valence electrons. The third kappa shape index (κ3) is 5.49. The molecule has 0 spiro atoms. The molecule has 2 heterocycles. The van der Waals surface area contributed by atoms with Crippen molar-refractivity contribution >= 4 is 33.3 Å². The van der Waals surface area contributed by atoms with E-state index in [9.17, 15) is 22.8 Å².